The first kappa shape index (κ1) is 21.8. The first-order valence-electron chi connectivity index (χ1n) is 11.0. The fraction of sp³-hybridized carbons (Fsp3) is 0.522. The van der Waals surface area contributed by atoms with Crippen LogP contribution in [-0.2, 0) is 20.7 Å². The first-order chi connectivity index (χ1) is 15.2. The maximum absolute atomic E-state index is 12.9. The third-order valence-electron chi connectivity index (χ3n) is 5.75. The molecule has 2 aliphatic heterocycles. The second-order valence-corrected chi connectivity index (χ2v) is 8.72. The number of hydrogen-bond donors (Lipinski definition) is 0. The molecule has 2 saturated heterocycles. The summed E-state index contributed by atoms with van der Waals surface area (Å²) in [6.07, 6.45) is 1.96. The Morgan fingerprint density at radius 2 is 2.00 bits per heavy atom. The summed E-state index contributed by atoms with van der Waals surface area (Å²) in [5, 5.41) is 2.79. The Bertz CT molecular complexity index is 910. The van der Waals surface area contributed by atoms with Gasteiger partial charge in [-0.05, 0) is 31.9 Å². The lowest BCUT2D eigenvalue weighted by molar-refractivity contribution is -0.143. The van der Waals surface area contributed by atoms with Crippen LogP contribution in [0.1, 0.15) is 25.5 Å². The Balaban J connectivity index is 1.38. The molecule has 0 radical (unpaired) electrons. The summed E-state index contributed by atoms with van der Waals surface area (Å²) in [6.45, 7) is 6.24. The molecule has 0 saturated carbocycles. The number of carbonyl (C=O) groups is 2. The zero-order valence-electron chi connectivity index (χ0n) is 17.9. The van der Waals surface area contributed by atoms with Gasteiger partial charge < -0.3 is 19.3 Å². The van der Waals surface area contributed by atoms with Crippen LogP contribution < -0.4 is 4.74 Å². The Hall–Kier alpha value is -2.45. The molecule has 3 heterocycles. The number of piperidine rings is 1. The number of rotatable bonds is 6. The number of nitrogens with zero attached hydrogens (tertiary/aromatic N) is 3. The molecule has 0 spiro atoms. The van der Waals surface area contributed by atoms with Gasteiger partial charge in [0.1, 0.15) is 10.8 Å². The van der Waals surface area contributed by atoms with Crippen molar-refractivity contribution in [3.8, 4) is 16.3 Å². The topological polar surface area (TPSA) is 72.0 Å². The van der Waals surface area contributed by atoms with Gasteiger partial charge in [0.05, 0.1) is 43.4 Å². The van der Waals surface area contributed by atoms with Crippen molar-refractivity contribution in [1.29, 1.82) is 0 Å². The molecular weight excluding hydrogens is 414 g/mol. The number of hydrogen-bond acceptors (Lipinski definition) is 6. The van der Waals surface area contributed by atoms with Crippen molar-refractivity contribution in [2.45, 2.75) is 26.2 Å². The van der Waals surface area contributed by atoms with Crippen LogP contribution in [0.5, 0.6) is 5.75 Å². The van der Waals surface area contributed by atoms with Crippen LogP contribution in [0.2, 0.25) is 0 Å². The van der Waals surface area contributed by atoms with E-state index in [1.54, 1.807) is 0 Å². The predicted molar refractivity (Wildman–Crippen MR) is 119 cm³/mol. The van der Waals surface area contributed by atoms with Gasteiger partial charge in [0.2, 0.25) is 11.8 Å². The number of benzene rings is 1. The first-order valence-corrected chi connectivity index (χ1v) is 11.8. The van der Waals surface area contributed by atoms with Crippen LogP contribution in [-0.4, -0.2) is 72.6 Å². The standard InChI is InChI=1S/C23H29N3O4S/c1-2-30-20-8-4-3-7-19(20)22-24-18(16-31-22)14-21(27)26-9-5-6-17(15-26)23(28)25-10-12-29-13-11-25/h3-4,7-8,16-17H,2,5-6,9-15H2,1H3. The van der Waals surface area contributed by atoms with E-state index in [0.717, 1.165) is 34.9 Å². The van der Waals surface area contributed by atoms with Crippen LogP contribution in [0, 0.1) is 5.92 Å². The van der Waals surface area contributed by atoms with Gasteiger partial charge in [0.15, 0.2) is 0 Å². The third-order valence-corrected chi connectivity index (χ3v) is 6.67. The van der Waals surface area contributed by atoms with E-state index in [-0.39, 0.29) is 24.2 Å². The molecule has 1 aromatic heterocycles. The van der Waals surface area contributed by atoms with Crippen LogP contribution >= 0.6 is 11.3 Å². The lowest BCUT2D eigenvalue weighted by Crippen LogP contribution is -2.49. The fourth-order valence-electron chi connectivity index (χ4n) is 4.15. The largest absolute Gasteiger partial charge is 0.493 e. The lowest BCUT2D eigenvalue weighted by Gasteiger charge is -2.36. The SMILES string of the molecule is CCOc1ccccc1-c1nc(CC(=O)N2CCCC(C(=O)N3CCOCC3)C2)cs1. The Morgan fingerprint density at radius 3 is 2.81 bits per heavy atom. The van der Waals surface area contributed by atoms with E-state index in [2.05, 4.69) is 4.98 Å². The van der Waals surface area contributed by atoms with Crippen LogP contribution in [0.3, 0.4) is 0 Å². The molecule has 2 fully saturated rings. The molecule has 31 heavy (non-hydrogen) atoms. The molecule has 166 valence electrons. The third kappa shape index (κ3) is 5.25. The number of ether oxygens (including phenoxy) is 2. The summed E-state index contributed by atoms with van der Waals surface area (Å²) in [7, 11) is 0. The Morgan fingerprint density at radius 1 is 1.19 bits per heavy atom. The van der Waals surface area contributed by atoms with Crippen molar-refractivity contribution in [2.75, 3.05) is 46.0 Å². The number of para-hydroxylation sites is 1. The van der Waals surface area contributed by atoms with E-state index in [1.807, 2.05) is 46.4 Å². The number of aromatic nitrogens is 1. The van der Waals surface area contributed by atoms with Crippen molar-refractivity contribution in [2.24, 2.45) is 5.92 Å². The normalized spacial score (nSPS) is 19.3. The second-order valence-electron chi connectivity index (χ2n) is 7.87. The van der Waals surface area contributed by atoms with Gasteiger partial charge in [0, 0.05) is 31.6 Å². The highest BCUT2D eigenvalue weighted by molar-refractivity contribution is 7.13. The molecule has 2 aromatic rings. The van der Waals surface area contributed by atoms with Crippen molar-refractivity contribution in [3.63, 3.8) is 0 Å². The minimum absolute atomic E-state index is 0.0365. The maximum Gasteiger partial charge on any atom is 0.228 e. The van der Waals surface area contributed by atoms with Gasteiger partial charge in [-0.25, -0.2) is 4.98 Å². The smallest absolute Gasteiger partial charge is 0.228 e. The molecule has 1 unspecified atom stereocenters. The Kier molecular flexibility index (Phi) is 7.19. The van der Waals surface area contributed by atoms with Gasteiger partial charge in [0.25, 0.3) is 0 Å². The van der Waals surface area contributed by atoms with Crippen molar-refractivity contribution in [3.05, 3.63) is 35.3 Å². The second kappa shape index (κ2) is 10.2. The zero-order chi connectivity index (χ0) is 21.6. The number of morpholine rings is 1. The van der Waals surface area contributed by atoms with E-state index in [9.17, 15) is 9.59 Å². The molecule has 0 aliphatic carbocycles. The van der Waals surface area contributed by atoms with E-state index in [4.69, 9.17) is 9.47 Å². The average molecular weight is 444 g/mol. The minimum Gasteiger partial charge on any atom is -0.493 e. The van der Waals surface area contributed by atoms with Crippen LogP contribution in [0.4, 0.5) is 0 Å². The predicted octanol–water partition coefficient (Wildman–Crippen LogP) is 2.85. The molecule has 2 aliphatic rings. The van der Waals surface area contributed by atoms with Gasteiger partial charge >= 0.3 is 0 Å². The molecule has 2 amide bonds. The summed E-state index contributed by atoms with van der Waals surface area (Å²) in [5.74, 6) is 0.885. The van der Waals surface area contributed by atoms with Crippen molar-refractivity contribution < 1.29 is 19.1 Å². The number of amides is 2. The van der Waals surface area contributed by atoms with E-state index >= 15 is 0 Å². The molecule has 7 nitrogen and oxygen atoms in total. The van der Waals surface area contributed by atoms with Gasteiger partial charge in [-0.15, -0.1) is 11.3 Å². The minimum atomic E-state index is -0.111. The molecule has 8 heteroatoms. The van der Waals surface area contributed by atoms with E-state index in [0.29, 0.717) is 46.0 Å². The molecule has 1 aromatic carbocycles. The zero-order valence-corrected chi connectivity index (χ0v) is 18.7. The lowest BCUT2D eigenvalue weighted by atomic mass is 9.96. The number of likely N-dealkylation sites (tertiary alicyclic amines) is 1. The summed E-state index contributed by atoms with van der Waals surface area (Å²) in [5.41, 5.74) is 1.71. The van der Waals surface area contributed by atoms with Crippen molar-refractivity contribution >= 4 is 23.2 Å². The quantitative estimate of drug-likeness (QED) is 0.687. The van der Waals surface area contributed by atoms with E-state index in [1.165, 1.54) is 11.3 Å². The van der Waals surface area contributed by atoms with Crippen molar-refractivity contribution in [1.82, 2.24) is 14.8 Å². The summed E-state index contributed by atoms with van der Waals surface area (Å²) in [4.78, 5) is 34.2. The number of carbonyl (C=O) groups excluding carboxylic acids is 2. The fourth-order valence-corrected chi connectivity index (χ4v) is 5.00. The highest BCUT2D eigenvalue weighted by Crippen LogP contribution is 2.32. The average Bonchev–Trinajstić information content (AvgIpc) is 3.28. The summed E-state index contributed by atoms with van der Waals surface area (Å²) in [6, 6.07) is 7.83. The molecule has 0 bridgehead atoms. The molecule has 1 atom stereocenters. The monoisotopic (exact) mass is 443 g/mol. The number of thiazole rings is 1. The highest BCUT2D eigenvalue weighted by atomic mass is 32.1. The van der Waals surface area contributed by atoms with Gasteiger partial charge in [-0.2, -0.15) is 0 Å². The molecular formula is C23H29N3O4S. The van der Waals surface area contributed by atoms with Gasteiger partial charge in [-0.3, -0.25) is 9.59 Å². The maximum atomic E-state index is 12.9. The Labute approximate surface area is 187 Å². The molecule has 4 rings (SSSR count). The van der Waals surface area contributed by atoms with Crippen LogP contribution in [0.25, 0.3) is 10.6 Å². The molecule has 0 N–H and O–H groups in total. The highest BCUT2D eigenvalue weighted by Gasteiger charge is 2.32. The van der Waals surface area contributed by atoms with Crippen LogP contribution in [0.15, 0.2) is 29.6 Å². The van der Waals surface area contributed by atoms with Gasteiger partial charge in [-0.1, -0.05) is 12.1 Å². The summed E-state index contributed by atoms with van der Waals surface area (Å²) >= 11 is 1.52. The van der Waals surface area contributed by atoms with E-state index < -0.39 is 0 Å². The summed E-state index contributed by atoms with van der Waals surface area (Å²) < 4.78 is 11.1.